The first-order valence-corrected chi connectivity index (χ1v) is 5.09. The number of alkyl halides is 1. The van der Waals surface area contributed by atoms with Crippen LogP contribution in [0.15, 0.2) is 16.7 Å². The monoisotopic (exact) mass is 275 g/mol. The molecule has 0 spiro atoms. The standard InChI is InChI=1S/C9H4ClF2N3O3/c10-3-6-13-9(14-18-6)7-4(11)1-2-5(8(7)12)15(16)17/h1-2H,3H2. The van der Waals surface area contributed by atoms with Gasteiger partial charge in [-0.2, -0.15) is 9.37 Å². The molecule has 9 heteroatoms. The fourth-order valence-electron chi connectivity index (χ4n) is 1.30. The minimum atomic E-state index is -1.36. The Morgan fingerprint density at radius 2 is 2.17 bits per heavy atom. The van der Waals surface area contributed by atoms with Gasteiger partial charge >= 0.3 is 5.69 Å². The van der Waals surface area contributed by atoms with Gasteiger partial charge in [-0.15, -0.1) is 11.6 Å². The minimum absolute atomic E-state index is 0.0445. The molecule has 1 aromatic heterocycles. The molecule has 0 N–H and O–H groups in total. The highest BCUT2D eigenvalue weighted by molar-refractivity contribution is 6.16. The van der Waals surface area contributed by atoms with Gasteiger partial charge in [-0.3, -0.25) is 10.1 Å². The van der Waals surface area contributed by atoms with E-state index in [-0.39, 0.29) is 11.8 Å². The number of hydrogen-bond donors (Lipinski definition) is 0. The molecule has 0 unspecified atom stereocenters. The van der Waals surface area contributed by atoms with Gasteiger partial charge in [-0.25, -0.2) is 4.39 Å². The zero-order valence-electron chi connectivity index (χ0n) is 8.56. The van der Waals surface area contributed by atoms with Crippen molar-refractivity contribution in [2.24, 2.45) is 0 Å². The number of nitro groups is 1. The summed E-state index contributed by atoms with van der Waals surface area (Å²) in [5.74, 6) is -2.99. The Bertz CT molecular complexity index is 617. The molecule has 0 aliphatic carbocycles. The molecular weight excluding hydrogens is 272 g/mol. The Balaban J connectivity index is 2.62. The summed E-state index contributed by atoms with van der Waals surface area (Å²) in [5, 5.41) is 13.8. The smallest absolute Gasteiger partial charge is 0.305 e. The second-order valence-corrected chi connectivity index (χ2v) is 3.43. The molecule has 6 nitrogen and oxygen atoms in total. The highest BCUT2D eigenvalue weighted by Gasteiger charge is 2.25. The molecule has 2 aromatic rings. The predicted octanol–water partition coefficient (Wildman–Crippen LogP) is 2.66. The molecule has 0 aliphatic heterocycles. The Morgan fingerprint density at radius 3 is 2.72 bits per heavy atom. The molecule has 0 radical (unpaired) electrons. The summed E-state index contributed by atoms with van der Waals surface area (Å²) >= 11 is 5.40. The largest absolute Gasteiger partial charge is 0.338 e. The predicted molar refractivity (Wildman–Crippen MR) is 55.9 cm³/mol. The second kappa shape index (κ2) is 4.65. The number of rotatable bonds is 3. The average Bonchev–Trinajstić information content (AvgIpc) is 2.77. The van der Waals surface area contributed by atoms with Crippen molar-refractivity contribution < 1.29 is 18.2 Å². The van der Waals surface area contributed by atoms with Crippen LogP contribution in [0.5, 0.6) is 0 Å². The first-order valence-electron chi connectivity index (χ1n) is 4.56. The van der Waals surface area contributed by atoms with Crippen LogP contribution in [0.25, 0.3) is 11.4 Å². The number of halogens is 3. The lowest BCUT2D eigenvalue weighted by Gasteiger charge is -2.00. The van der Waals surface area contributed by atoms with Gasteiger partial charge in [0.1, 0.15) is 17.3 Å². The Labute approximate surface area is 103 Å². The summed E-state index contributed by atoms with van der Waals surface area (Å²) in [5.41, 5.74) is -1.59. The fraction of sp³-hybridized carbons (Fsp3) is 0.111. The van der Waals surface area contributed by atoms with Crippen LogP contribution in [-0.4, -0.2) is 15.1 Å². The van der Waals surface area contributed by atoms with Gasteiger partial charge < -0.3 is 4.52 Å². The first kappa shape index (κ1) is 12.4. The highest BCUT2D eigenvalue weighted by atomic mass is 35.5. The molecule has 0 aliphatic rings. The van der Waals surface area contributed by atoms with Gasteiger partial charge in [0.15, 0.2) is 0 Å². The Hall–Kier alpha value is -2.09. The van der Waals surface area contributed by atoms with Crippen LogP contribution in [0.4, 0.5) is 14.5 Å². The fourth-order valence-corrected chi connectivity index (χ4v) is 1.41. The summed E-state index contributed by atoms with van der Waals surface area (Å²) in [6.45, 7) is 0. The molecule has 0 amide bonds. The molecule has 18 heavy (non-hydrogen) atoms. The third-order valence-corrected chi connectivity index (χ3v) is 2.30. The maximum atomic E-state index is 13.7. The molecule has 0 atom stereocenters. The maximum Gasteiger partial charge on any atom is 0.305 e. The maximum absolute atomic E-state index is 13.7. The van der Waals surface area contributed by atoms with E-state index in [1.807, 2.05) is 0 Å². The van der Waals surface area contributed by atoms with Crippen molar-refractivity contribution in [2.75, 3.05) is 0 Å². The molecule has 1 heterocycles. The molecule has 0 saturated carbocycles. The van der Waals surface area contributed by atoms with Gasteiger partial charge in [0.2, 0.25) is 17.5 Å². The third-order valence-electron chi connectivity index (χ3n) is 2.07. The van der Waals surface area contributed by atoms with E-state index < -0.39 is 33.6 Å². The van der Waals surface area contributed by atoms with Gasteiger partial charge in [0, 0.05) is 6.07 Å². The summed E-state index contributed by atoms with van der Waals surface area (Å²) in [7, 11) is 0. The van der Waals surface area contributed by atoms with Crippen molar-refractivity contribution in [3.63, 3.8) is 0 Å². The van der Waals surface area contributed by atoms with E-state index in [1.54, 1.807) is 0 Å². The van der Waals surface area contributed by atoms with Crippen molar-refractivity contribution in [1.82, 2.24) is 10.1 Å². The van der Waals surface area contributed by atoms with E-state index in [0.717, 1.165) is 12.1 Å². The molecule has 2 rings (SSSR count). The molecule has 1 aromatic carbocycles. The lowest BCUT2D eigenvalue weighted by atomic mass is 10.1. The van der Waals surface area contributed by atoms with E-state index in [2.05, 4.69) is 14.7 Å². The number of nitro benzene ring substituents is 1. The van der Waals surface area contributed by atoms with E-state index in [0.29, 0.717) is 0 Å². The molecule has 0 fully saturated rings. The van der Waals surface area contributed by atoms with Crippen LogP contribution < -0.4 is 0 Å². The van der Waals surface area contributed by atoms with Crippen LogP contribution >= 0.6 is 11.6 Å². The normalized spacial score (nSPS) is 10.6. The van der Waals surface area contributed by atoms with Crippen LogP contribution in [0.2, 0.25) is 0 Å². The molecule has 94 valence electrons. The van der Waals surface area contributed by atoms with E-state index in [4.69, 9.17) is 11.6 Å². The Kier molecular flexibility index (Phi) is 3.19. The molecule has 0 saturated heterocycles. The number of hydrogen-bond acceptors (Lipinski definition) is 5. The first-order chi connectivity index (χ1) is 8.54. The Morgan fingerprint density at radius 1 is 1.44 bits per heavy atom. The van der Waals surface area contributed by atoms with Crippen LogP contribution in [0, 0.1) is 21.7 Å². The molecular formula is C9H4ClF2N3O3. The van der Waals surface area contributed by atoms with Crippen LogP contribution in [-0.2, 0) is 5.88 Å². The summed E-state index contributed by atoms with van der Waals surface area (Å²) < 4.78 is 31.8. The van der Waals surface area contributed by atoms with Crippen LogP contribution in [0.3, 0.4) is 0 Å². The zero-order valence-corrected chi connectivity index (χ0v) is 9.32. The summed E-state index contributed by atoms with van der Waals surface area (Å²) in [4.78, 5) is 13.2. The van der Waals surface area contributed by atoms with Crippen molar-refractivity contribution in [2.45, 2.75) is 5.88 Å². The van der Waals surface area contributed by atoms with Crippen molar-refractivity contribution in [3.05, 3.63) is 39.8 Å². The topological polar surface area (TPSA) is 82.1 Å². The van der Waals surface area contributed by atoms with Gasteiger partial charge in [-0.05, 0) is 6.07 Å². The SMILES string of the molecule is O=[N+]([O-])c1ccc(F)c(-c2noc(CCl)n2)c1F. The highest BCUT2D eigenvalue weighted by Crippen LogP contribution is 2.29. The second-order valence-electron chi connectivity index (χ2n) is 3.16. The average molecular weight is 276 g/mol. The number of nitrogens with zero attached hydrogens (tertiary/aromatic N) is 3. The quantitative estimate of drug-likeness (QED) is 0.488. The van der Waals surface area contributed by atoms with E-state index in [1.165, 1.54) is 0 Å². The van der Waals surface area contributed by atoms with Crippen molar-refractivity contribution in [3.8, 4) is 11.4 Å². The van der Waals surface area contributed by atoms with Crippen molar-refractivity contribution >= 4 is 17.3 Å². The van der Waals surface area contributed by atoms with E-state index in [9.17, 15) is 18.9 Å². The number of benzene rings is 1. The molecule has 0 bridgehead atoms. The van der Waals surface area contributed by atoms with Crippen molar-refractivity contribution in [1.29, 1.82) is 0 Å². The summed E-state index contributed by atoms with van der Waals surface area (Å²) in [6, 6.07) is 1.48. The lowest BCUT2D eigenvalue weighted by molar-refractivity contribution is -0.387. The minimum Gasteiger partial charge on any atom is -0.338 e. The third kappa shape index (κ3) is 2.02. The number of aromatic nitrogens is 2. The zero-order chi connectivity index (χ0) is 13.3. The van der Waals surface area contributed by atoms with Gasteiger partial charge in [0.25, 0.3) is 0 Å². The van der Waals surface area contributed by atoms with E-state index >= 15 is 0 Å². The lowest BCUT2D eigenvalue weighted by Crippen LogP contribution is -1.98. The van der Waals surface area contributed by atoms with Gasteiger partial charge in [0.05, 0.1) is 4.92 Å². The summed E-state index contributed by atoms with van der Waals surface area (Å²) in [6.07, 6.45) is 0. The van der Waals surface area contributed by atoms with Gasteiger partial charge in [-0.1, -0.05) is 5.16 Å². The van der Waals surface area contributed by atoms with Crippen LogP contribution in [0.1, 0.15) is 5.89 Å².